The van der Waals surface area contributed by atoms with E-state index in [0.717, 1.165) is 28.0 Å². The molecule has 24 heavy (non-hydrogen) atoms. The number of aromatic nitrogens is 1. The van der Waals surface area contributed by atoms with Crippen molar-refractivity contribution in [3.63, 3.8) is 0 Å². The molecular formula is C19H21ClN2O2. The summed E-state index contributed by atoms with van der Waals surface area (Å²) in [5.41, 5.74) is 2.09. The van der Waals surface area contributed by atoms with Crippen LogP contribution >= 0.6 is 11.6 Å². The first kappa shape index (κ1) is 16.8. The summed E-state index contributed by atoms with van der Waals surface area (Å²) in [5, 5.41) is 4.97. The minimum absolute atomic E-state index is 0.400. The predicted octanol–water partition coefficient (Wildman–Crippen LogP) is 5.09. The van der Waals surface area contributed by atoms with Crippen LogP contribution in [0.15, 0.2) is 48.7 Å². The van der Waals surface area contributed by atoms with Crippen LogP contribution in [0.1, 0.15) is 19.4 Å². The summed E-state index contributed by atoms with van der Waals surface area (Å²) >= 11 is 5.93. The average molecular weight is 345 g/mol. The summed E-state index contributed by atoms with van der Waals surface area (Å²) in [5.74, 6) is 1.55. The summed E-state index contributed by atoms with van der Waals surface area (Å²) in [7, 11) is 0. The van der Waals surface area contributed by atoms with Gasteiger partial charge in [0.15, 0.2) is 0 Å². The van der Waals surface area contributed by atoms with Crippen molar-refractivity contribution in [2.75, 3.05) is 6.73 Å². The van der Waals surface area contributed by atoms with Crippen molar-refractivity contribution in [3.8, 4) is 11.5 Å². The number of rotatable bonds is 7. The molecule has 0 atom stereocenters. The number of nitrogens with one attached hydrogen (secondary N) is 2. The number of fused-ring (bicyclic) bond motifs is 1. The van der Waals surface area contributed by atoms with Gasteiger partial charge in [-0.3, -0.25) is 5.32 Å². The molecule has 126 valence electrons. The van der Waals surface area contributed by atoms with Crippen molar-refractivity contribution in [2.24, 2.45) is 0 Å². The van der Waals surface area contributed by atoms with Crippen molar-refractivity contribution in [1.82, 2.24) is 10.3 Å². The molecule has 0 fully saturated rings. The van der Waals surface area contributed by atoms with E-state index in [-0.39, 0.29) is 0 Å². The van der Waals surface area contributed by atoms with E-state index in [4.69, 9.17) is 21.1 Å². The van der Waals surface area contributed by atoms with Gasteiger partial charge in [0.05, 0.1) is 13.3 Å². The van der Waals surface area contributed by atoms with Crippen LogP contribution in [0.3, 0.4) is 0 Å². The standard InChI is InChI=1S/C19H21ClN2O2/c1-13(2)22-12-23-11-14-10-21-17-4-3-5-18(19(14)17)24-16-8-6-15(20)7-9-16/h3-10,13,21-22H,11-12H2,1-2H3. The Kier molecular flexibility index (Phi) is 5.41. The molecule has 5 heteroatoms. The Bertz CT molecular complexity index is 797. The number of halogens is 1. The van der Waals surface area contributed by atoms with Gasteiger partial charge in [-0.1, -0.05) is 17.7 Å². The van der Waals surface area contributed by atoms with Crippen LogP contribution in [0.4, 0.5) is 0 Å². The van der Waals surface area contributed by atoms with Crippen LogP contribution in [0.2, 0.25) is 5.02 Å². The van der Waals surface area contributed by atoms with Crippen molar-refractivity contribution < 1.29 is 9.47 Å². The minimum atomic E-state index is 0.400. The Hall–Kier alpha value is -2.01. The van der Waals surface area contributed by atoms with Crippen LogP contribution in [-0.2, 0) is 11.3 Å². The van der Waals surface area contributed by atoms with Gasteiger partial charge in [0, 0.05) is 33.7 Å². The first-order valence-corrected chi connectivity index (χ1v) is 8.35. The molecule has 3 rings (SSSR count). The second kappa shape index (κ2) is 7.71. The third-order valence-electron chi connectivity index (χ3n) is 3.64. The molecule has 3 aromatic rings. The molecule has 0 aliphatic heterocycles. The van der Waals surface area contributed by atoms with Gasteiger partial charge in [0.2, 0.25) is 0 Å². The number of hydrogen-bond donors (Lipinski definition) is 2. The largest absolute Gasteiger partial charge is 0.457 e. The van der Waals surface area contributed by atoms with Gasteiger partial charge in [-0.05, 0) is 50.2 Å². The van der Waals surface area contributed by atoms with E-state index in [0.29, 0.717) is 24.4 Å². The molecule has 0 unspecified atom stereocenters. The van der Waals surface area contributed by atoms with Crippen molar-refractivity contribution >= 4 is 22.5 Å². The Morgan fingerprint density at radius 2 is 1.92 bits per heavy atom. The lowest BCUT2D eigenvalue weighted by atomic mass is 10.1. The van der Waals surface area contributed by atoms with Gasteiger partial charge in [0.25, 0.3) is 0 Å². The van der Waals surface area contributed by atoms with Gasteiger partial charge < -0.3 is 14.5 Å². The van der Waals surface area contributed by atoms with E-state index >= 15 is 0 Å². The summed E-state index contributed by atoms with van der Waals surface area (Å²) in [6.45, 7) is 5.21. The quantitative estimate of drug-likeness (QED) is 0.464. The molecule has 1 aromatic heterocycles. The van der Waals surface area contributed by atoms with E-state index in [1.165, 1.54) is 0 Å². The molecule has 0 saturated heterocycles. The average Bonchev–Trinajstić information content (AvgIpc) is 2.98. The maximum Gasteiger partial charge on any atom is 0.137 e. The molecule has 0 bridgehead atoms. The molecule has 1 heterocycles. The van der Waals surface area contributed by atoms with Gasteiger partial charge >= 0.3 is 0 Å². The second-order valence-corrected chi connectivity index (χ2v) is 6.34. The van der Waals surface area contributed by atoms with Gasteiger partial charge in [0.1, 0.15) is 11.5 Å². The highest BCUT2D eigenvalue weighted by Crippen LogP contribution is 2.33. The summed E-state index contributed by atoms with van der Waals surface area (Å²) in [4.78, 5) is 3.27. The lowest BCUT2D eigenvalue weighted by Gasteiger charge is -2.10. The minimum Gasteiger partial charge on any atom is -0.457 e. The van der Waals surface area contributed by atoms with E-state index < -0.39 is 0 Å². The molecular weight excluding hydrogens is 324 g/mol. The molecule has 0 spiro atoms. The highest BCUT2D eigenvalue weighted by atomic mass is 35.5. The zero-order valence-electron chi connectivity index (χ0n) is 13.8. The Morgan fingerprint density at radius 3 is 2.67 bits per heavy atom. The topological polar surface area (TPSA) is 46.3 Å². The van der Waals surface area contributed by atoms with Crippen LogP contribution < -0.4 is 10.1 Å². The number of aromatic amines is 1. The zero-order valence-corrected chi connectivity index (χ0v) is 14.6. The molecule has 0 aliphatic rings. The summed E-state index contributed by atoms with van der Waals surface area (Å²) < 4.78 is 11.8. The normalized spacial score (nSPS) is 11.3. The van der Waals surface area contributed by atoms with Crippen molar-refractivity contribution in [1.29, 1.82) is 0 Å². The Balaban J connectivity index is 1.80. The van der Waals surface area contributed by atoms with E-state index in [9.17, 15) is 0 Å². The first-order valence-electron chi connectivity index (χ1n) is 7.97. The fraction of sp³-hybridized carbons (Fsp3) is 0.263. The first-order chi connectivity index (χ1) is 11.6. The maximum atomic E-state index is 6.04. The number of hydrogen-bond acceptors (Lipinski definition) is 3. The molecule has 2 aromatic carbocycles. The second-order valence-electron chi connectivity index (χ2n) is 5.90. The van der Waals surface area contributed by atoms with E-state index in [1.54, 1.807) is 0 Å². The molecule has 0 saturated carbocycles. The summed E-state index contributed by atoms with van der Waals surface area (Å²) in [6.07, 6.45) is 1.97. The Labute approximate surface area is 146 Å². The van der Waals surface area contributed by atoms with Gasteiger partial charge in [-0.2, -0.15) is 0 Å². The lowest BCUT2D eigenvalue weighted by Crippen LogP contribution is -2.25. The monoisotopic (exact) mass is 344 g/mol. The Morgan fingerprint density at radius 1 is 1.12 bits per heavy atom. The van der Waals surface area contributed by atoms with Crippen molar-refractivity contribution in [2.45, 2.75) is 26.5 Å². The highest BCUT2D eigenvalue weighted by molar-refractivity contribution is 6.30. The predicted molar refractivity (Wildman–Crippen MR) is 97.8 cm³/mol. The molecule has 2 N–H and O–H groups in total. The number of benzene rings is 2. The van der Waals surface area contributed by atoms with Crippen molar-refractivity contribution in [3.05, 3.63) is 59.2 Å². The SMILES string of the molecule is CC(C)NCOCc1c[nH]c2cccc(Oc3ccc(Cl)cc3)c12. The zero-order chi connectivity index (χ0) is 16.9. The van der Waals surface area contributed by atoms with Gasteiger partial charge in [-0.15, -0.1) is 0 Å². The fourth-order valence-corrected chi connectivity index (χ4v) is 2.56. The summed E-state index contributed by atoms with van der Waals surface area (Å²) in [6, 6.07) is 13.7. The maximum absolute atomic E-state index is 6.04. The van der Waals surface area contributed by atoms with E-state index in [1.807, 2.05) is 48.7 Å². The molecule has 4 nitrogen and oxygen atoms in total. The van der Waals surface area contributed by atoms with Gasteiger partial charge in [-0.25, -0.2) is 0 Å². The smallest absolute Gasteiger partial charge is 0.137 e. The van der Waals surface area contributed by atoms with Crippen LogP contribution in [-0.4, -0.2) is 17.8 Å². The van der Waals surface area contributed by atoms with E-state index in [2.05, 4.69) is 24.1 Å². The third kappa shape index (κ3) is 4.09. The van der Waals surface area contributed by atoms with Crippen LogP contribution in [0.25, 0.3) is 10.9 Å². The molecule has 0 radical (unpaired) electrons. The van der Waals surface area contributed by atoms with Crippen LogP contribution in [0.5, 0.6) is 11.5 Å². The molecule has 0 amide bonds. The van der Waals surface area contributed by atoms with Crippen LogP contribution in [0, 0.1) is 0 Å². The highest BCUT2D eigenvalue weighted by Gasteiger charge is 2.11. The number of ether oxygens (including phenoxy) is 2. The third-order valence-corrected chi connectivity index (χ3v) is 3.89. The molecule has 0 aliphatic carbocycles. The fourth-order valence-electron chi connectivity index (χ4n) is 2.43. The lowest BCUT2D eigenvalue weighted by molar-refractivity contribution is 0.0989. The number of H-pyrrole nitrogens is 1.